The Morgan fingerprint density at radius 2 is 2.28 bits per heavy atom. The first kappa shape index (κ1) is 13.3. The van der Waals surface area contributed by atoms with Crippen LogP contribution in [0.4, 0.5) is 0 Å². The van der Waals surface area contributed by atoms with Crippen molar-refractivity contribution in [3.8, 4) is 5.75 Å². The summed E-state index contributed by atoms with van der Waals surface area (Å²) in [5.74, 6) is 1.01. The molecule has 1 atom stereocenters. The molecule has 0 amide bonds. The van der Waals surface area contributed by atoms with Crippen LogP contribution in [-0.2, 0) is 6.42 Å². The van der Waals surface area contributed by atoms with Gasteiger partial charge in [0.15, 0.2) is 0 Å². The highest BCUT2D eigenvalue weighted by atomic mass is 16.5. The average molecular weight is 250 g/mol. The second-order valence-electron chi connectivity index (χ2n) is 4.64. The fourth-order valence-electron chi connectivity index (χ4n) is 2.27. The van der Waals surface area contributed by atoms with Gasteiger partial charge in [0.1, 0.15) is 5.75 Å². The molecule has 4 nitrogen and oxygen atoms in total. The van der Waals surface area contributed by atoms with Gasteiger partial charge in [0, 0.05) is 25.6 Å². The van der Waals surface area contributed by atoms with Gasteiger partial charge >= 0.3 is 0 Å². The molecule has 1 aliphatic rings. The Kier molecular flexibility index (Phi) is 4.99. The molecule has 1 aliphatic heterocycles. The summed E-state index contributed by atoms with van der Waals surface area (Å²) in [5, 5.41) is 12.2. The minimum absolute atomic E-state index is 0.189. The zero-order valence-corrected chi connectivity index (χ0v) is 10.7. The smallest absolute Gasteiger partial charge is 0.122 e. The molecule has 0 saturated carbocycles. The maximum Gasteiger partial charge on any atom is 0.122 e. The van der Waals surface area contributed by atoms with Gasteiger partial charge in [-0.15, -0.1) is 0 Å². The van der Waals surface area contributed by atoms with Gasteiger partial charge in [-0.1, -0.05) is 12.1 Å². The Hall–Kier alpha value is -1.10. The van der Waals surface area contributed by atoms with E-state index in [9.17, 15) is 0 Å². The predicted octanol–water partition coefficient (Wildman–Crippen LogP) is 0.983. The SMILES string of the molecule is NCC(NCCCCO)c1ccc2c(c1)CCO2. The molecular formula is C14H22N2O2. The zero-order chi connectivity index (χ0) is 12.8. The van der Waals surface area contributed by atoms with E-state index in [1.54, 1.807) is 0 Å². The Bertz CT molecular complexity index is 382. The quantitative estimate of drug-likeness (QED) is 0.631. The molecule has 1 heterocycles. The minimum atomic E-state index is 0.189. The van der Waals surface area contributed by atoms with Gasteiger partial charge in [0.05, 0.1) is 6.61 Å². The minimum Gasteiger partial charge on any atom is -0.493 e. The first-order chi connectivity index (χ1) is 8.85. The number of nitrogens with one attached hydrogen (secondary N) is 1. The third-order valence-corrected chi connectivity index (χ3v) is 3.33. The van der Waals surface area contributed by atoms with E-state index in [4.69, 9.17) is 15.6 Å². The van der Waals surface area contributed by atoms with Crippen LogP contribution in [0.5, 0.6) is 5.75 Å². The molecule has 4 N–H and O–H groups in total. The van der Waals surface area contributed by atoms with Crippen molar-refractivity contribution < 1.29 is 9.84 Å². The van der Waals surface area contributed by atoms with Crippen LogP contribution in [0.2, 0.25) is 0 Å². The Labute approximate surface area is 108 Å². The lowest BCUT2D eigenvalue weighted by atomic mass is 10.0. The molecule has 0 saturated heterocycles. The van der Waals surface area contributed by atoms with Crippen molar-refractivity contribution in [2.75, 3.05) is 26.3 Å². The third kappa shape index (κ3) is 3.22. The lowest BCUT2D eigenvalue weighted by Gasteiger charge is -2.18. The first-order valence-corrected chi connectivity index (χ1v) is 6.65. The topological polar surface area (TPSA) is 67.5 Å². The number of aliphatic hydroxyl groups is 1. The van der Waals surface area contributed by atoms with Crippen molar-refractivity contribution in [2.45, 2.75) is 25.3 Å². The van der Waals surface area contributed by atoms with Crippen LogP contribution in [0, 0.1) is 0 Å². The molecule has 0 bridgehead atoms. The summed E-state index contributed by atoms with van der Waals surface area (Å²) >= 11 is 0. The fraction of sp³-hybridized carbons (Fsp3) is 0.571. The van der Waals surface area contributed by atoms with Gasteiger partial charge in [-0.3, -0.25) is 0 Å². The highest BCUT2D eigenvalue weighted by molar-refractivity contribution is 5.40. The molecule has 0 fully saturated rings. The second kappa shape index (κ2) is 6.73. The van der Waals surface area contributed by atoms with E-state index in [1.807, 2.05) is 6.07 Å². The van der Waals surface area contributed by atoms with Gasteiger partial charge in [0.25, 0.3) is 0 Å². The average Bonchev–Trinajstić information content (AvgIpc) is 2.86. The molecule has 0 aliphatic carbocycles. The highest BCUT2D eigenvalue weighted by Gasteiger charge is 2.15. The van der Waals surface area contributed by atoms with Gasteiger partial charge in [-0.2, -0.15) is 0 Å². The number of fused-ring (bicyclic) bond motifs is 1. The number of benzene rings is 1. The molecule has 0 radical (unpaired) electrons. The molecular weight excluding hydrogens is 228 g/mol. The first-order valence-electron chi connectivity index (χ1n) is 6.65. The molecule has 4 heteroatoms. The summed E-state index contributed by atoms with van der Waals surface area (Å²) in [4.78, 5) is 0. The van der Waals surface area contributed by atoms with Crippen LogP contribution in [-0.4, -0.2) is 31.4 Å². The monoisotopic (exact) mass is 250 g/mol. The number of hydrogen-bond donors (Lipinski definition) is 3. The number of rotatable bonds is 7. The van der Waals surface area contributed by atoms with Crippen molar-refractivity contribution in [1.82, 2.24) is 5.32 Å². The Morgan fingerprint density at radius 3 is 3.06 bits per heavy atom. The van der Waals surface area contributed by atoms with E-state index in [1.165, 1.54) is 11.1 Å². The Balaban J connectivity index is 1.94. The molecule has 100 valence electrons. The largest absolute Gasteiger partial charge is 0.493 e. The van der Waals surface area contributed by atoms with Crippen LogP contribution in [0.25, 0.3) is 0 Å². The standard InChI is InChI=1S/C14H22N2O2/c15-10-13(16-6-1-2-7-17)11-3-4-14-12(9-11)5-8-18-14/h3-4,9,13,16-17H,1-2,5-8,10,15H2. The van der Waals surface area contributed by atoms with E-state index in [-0.39, 0.29) is 12.6 Å². The van der Waals surface area contributed by atoms with Crippen LogP contribution in [0.1, 0.15) is 30.0 Å². The summed E-state index contributed by atoms with van der Waals surface area (Å²) in [6.07, 6.45) is 2.80. The second-order valence-corrected chi connectivity index (χ2v) is 4.64. The fourth-order valence-corrected chi connectivity index (χ4v) is 2.27. The predicted molar refractivity (Wildman–Crippen MR) is 71.8 cm³/mol. The zero-order valence-electron chi connectivity index (χ0n) is 10.7. The highest BCUT2D eigenvalue weighted by Crippen LogP contribution is 2.27. The molecule has 1 aromatic carbocycles. The van der Waals surface area contributed by atoms with Crippen molar-refractivity contribution in [1.29, 1.82) is 0 Å². The molecule has 1 aromatic rings. The molecule has 18 heavy (non-hydrogen) atoms. The number of aliphatic hydroxyl groups excluding tert-OH is 1. The van der Waals surface area contributed by atoms with Crippen LogP contribution >= 0.6 is 0 Å². The summed E-state index contributed by atoms with van der Waals surface area (Å²) < 4.78 is 5.50. The van der Waals surface area contributed by atoms with Crippen LogP contribution in [0.3, 0.4) is 0 Å². The molecule has 1 unspecified atom stereocenters. The van der Waals surface area contributed by atoms with Crippen molar-refractivity contribution >= 4 is 0 Å². The number of unbranched alkanes of at least 4 members (excludes halogenated alkanes) is 1. The summed E-state index contributed by atoms with van der Waals surface area (Å²) in [6.45, 7) is 2.51. The maximum absolute atomic E-state index is 8.75. The Morgan fingerprint density at radius 1 is 1.39 bits per heavy atom. The van der Waals surface area contributed by atoms with E-state index in [0.717, 1.165) is 38.2 Å². The van der Waals surface area contributed by atoms with Gasteiger partial charge in [-0.25, -0.2) is 0 Å². The normalized spacial score (nSPS) is 15.2. The van der Waals surface area contributed by atoms with Crippen molar-refractivity contribution in [3.05, 3.63) is 29.3 Å². The molecule has 0 aromatic heterocycles. The summed E-state index contributed by atoms with van der Waals surface area (Å²) in [7, 11) is 0. The summed E-state index contributed by atoms with van der Waals surface area (Å²) in [5.41, 5.74) is 8.33. The van der Waals surface area contributed by atoms with Gasteiger partial charge in [-0.05, 0) is 36.6 Å². The number of ether oxygens (including phenoxy) is 1. The lowest BCUT2D eigenvalue weighted by molar-refractivity contribution is 0.282. The van der Waals surface area contributed by atoms with Crippen molar-refractivity contribution in [2.24, 2.45) is 5.73 Å². The maximum atomic E-state index is 8.75. The van der Waals surface area contributed by atoms with E-state index < -0.39 is 0 Å². The molecule has 0 spiro atoms. The molecule has 2 rings (SSSR count). The lowest BCUT2D eigenvalue weighted by Crippen LogP contribution is -2.29. The van der Waals surface area contributed by atoms with Crippen LogP contribution < -0.4 is 15.8 Å². The van der Waals surface area contributed by atoms with Gasteiger partial charge in [0.2, 0.25) is 0 Å². The summed E-state index contributed by atoms with van der Waals surface area (Å²) in [6, 6.07) is 6.50. The van der Waals surface area contributed by atoms with Gasteiger partial charge < -0.3 is 20.9 Å². The van der Waals surface area contributed by atoms with Crippen LogP contribution in [0.15, 0.2) is 18.2 Å². The number of nitrogens with two attached hydrogens (primary N) is 1. The van der Waals surface area contributed by atoms with Crippen molar-refractivity contribution in [3.63, 3.8) is 0 Å². The number of hydrogen-bond acceptors (Lipinski definition) is 4. The third-order valence-electron chi connectivity index (χ3n) is 3.33. The van der Waals surface area contributed by atoms with E-state index in [2.05, 4.69) is 17.4 Å². The van der Waals surface area contributed by atoms with E-state index in [0.29, 0.717) is 6.54 Å². The van der Waals surface area contributed by atoms with E-state index >= 15 is 0 Å².